The summed E-state index contributed by atoms with van der Waals surface area (Å²) in [4.78, 5) is 11.9. The van der Waals surface area contributed by atoms with Crippen LogP contribution in [-0.4, -0.2) is 19.6 Å². The van der Waals surface area contributed by atoms with Crippen LogP contribution in [0.15, 0.2) is 48.5 Å². The van der Waals surface area contributed by atoms with Crippen molar-refractivity contribution in [3.63, 3.8) is 0 Å². The fourth-order valence-electron chi connectivity index (χ4n) is 2.34. The van der Waals surface area contributed by atoms with E-state index in [1.165, 1.54) is 0 Å². The van der Waals surface area contributed by atoms with Gasteiger partial charge < -0.3 is 14.8 Å². The Morgan fingerprint density at radius 2 is 1.48 bits per heavy atom. The van der Waals surface area contributed by atoms with E-state index in [1.54, 1.807) is 7.11 Å². The average Bonchev–Trinajstić information content (AvgIpc) is 2.60. The zero-order valence-electron chi connectivity index (χ0n) is 13.8. The van der Waals surface area contributed by atoms with Gasteiger partial charge in [0.25, 0.3) is 0 Å². The minimum atomic E-state index is -0.191. The minimum absolute atomic E-state index is 0.0136. The van der Waals surface area contributed by atoms with E-state index < -0.39 is 0 Å². The number of rotatable bonds is 7. The first kappa shape index (κ1) is 16.9. The lowest BCUT2D eigenvalue weighted by atomic mass is 9.98. The van der Waals surface area contributed by atoms with Crippen LogP contribution in [0.2, 0.25) is 0 Å². The molecule has 2 aromatic carbocycles. The molecule has 0 aliphatic heterocycles. The van der Waals surface area contributed by atoms with Gasteiger partial charge in [-0.05, 0) is 42.3 Å². The maximum atomic E-state index is 11.9. The van der Waals surface area contributed by atoms with Crippen molar-refractivity contribution < 1.29 is 14.3 Å². The average molecular weight is 313 g/mol. The van der Waals surface area contributed by atoms with Crippen molar-refractivity contribution in [3.05, 3.63) is 59.7 Å². The van der Waals surface area contributed by atoms with E-state index in [9.17, 15) is 4.79 Å². The first-order valence-electron chi connectivity index (χ1n) is 7.84. The SMILES string of the molecule is CCOc1ccc([C@H](NC(=O)CC)c2ccc(OC)cc2)cc1. The second-order valence-corrected chi connectivity index (χ2v) is 5.13. The van der Waals surface area contributed by atoms with Crippen molar-refractivity contribution in [2.45, 2.75) is 26.3 Å². The van der Waals surface area contributed by atoms with E-state index in [4.69, 9.17) is 9.47 Å². The zero-order chi connectivity index (χ0) is 16.7. The van der Waals surface area contributed by atoms with Crippen LogP contribution >= 0.6 is 0 Å². The largest absolute Gasteiger partial charge is 0.497 e. The molecule has 0 aliphatic carbocycles. The van der Waals surface area contributed by atoms with Crippen molar-refractivity contribution >= 4 is 5.91 Å². The highest BCUT2D eigenvalue weighted by molar-refractivity contribution is 5.76. The van der Waals surface area contributed by atoms with Gasteiger partial charge in [0.05, 0.1) is 19.8 Å². The fourth-order valence-corrected chi connectivity index (χ4v) is 2.34. The first-order valence-corrected chi connectivity index (χ1v) is 7.84. The van der Waals surface area contributed by atoms with E-state index in [0.29, 0.717) is 13.0 Å². The predicted octanol–water partition coefficient (Wildman–Crippen LogP) is 3.71. The summed E-state index contributed by atoms with van der Waals surface area (Å²) in [5.74, 6) is 1.63. The molecule has 0 bridgehead atoms. The summed E-state index contributed by atoms with van der Waals surface area (Å²) >= 11 is 0. The van der Waals surface area contributed by atoms with Gasteiger partial charge in [-0.15, -0.1) is 0 Å². The number of hydrogen-bond donors (Lipinski definition) is 1. The highest BCUT2D eigenvalue weighted by Gasteiger charge is 2.16. The molecule has 1 N–H and O–H groups in total. The van der Waals surface area contributed by atoms with Crippen LogP contribution in [0.25, 0.3) is 0 Å². The number of hydrogen-bond acceptors (Lipinski definition) is 3. The molecule has 0 saturated carbocycles. The maximum absolute atomic E-state index is 11.9. The summed E-state index contributed by atoms with van der Waals surface area (Å²) in [5.41, 5.74) is 2.03. The molecule has 23 heavy (non-hydrogen) atoms. The number of benzene rings is 2. The molecule has 0 aliphatic rings. The molecule has 1 atom stereocenters. The lowest BCUT2D eigenvalue weighted by molar-refractivity contribution is -0.121. The molecule has 2 rings (SSSR count). The Balaban J connectivity index is 2.30. The van der Waals surface area contributed by atoms with Gasteiger partial charge in [-0.3, -0.25) is 4.79 Å². The van der Waals surface area contributed by atoms with Crippen molar-refractivity contribution in [1.82, 2.24) is 5.32 Å². The molecule has 0 aromatic heterocycles. The van der Waals surface area contributed by atoms with Crippen LogP contribution in [0.3, 0.4) is 0 Å². The number of nitrogens with one attached hydrogen (secondary N) is 1. The second-order valence-electron chi connectivity index (χ2n) is 5.13. The van der Waals surface area contributed by atoms with Crippen molar-refractivity contribution in [3.8, 4) is 11.5 Å². The molecule has 122 valence electrons. The van der Waals surface area contributed by atoms with Gasteiger partial charge in [0.2, 0.25) is 5.91 Å². The highest BCUT2D eigenvalue weighted by atomic mass is 16.5. The van der Waals surface area contributed by atoms with Crippen LogP contribution in [0.1, 0.15) is 37.4 Å². The Bertz CT molecular complexity index is 620. The summed E-state index contributed by atoms with van der Waals surface area (Å²) in [6.07, 6.45) is 0.448. The Kier molecular flexibility index (Phi) is 6.03. The van der Waals surface area contributed by atoms with E-state index in [0.717, 1.165) is 22.6 Å². The van der Waals surface area contributed by atoms with Crippen LogP contribution in [0.4, 0.5) is 0 Å². The number of ether oxygens (including phenoxy) is 2. The quantitative estimate of drug-likeness (QED) is 0.847. The smallest absolute Gasteiger partial charge is 0.220 e. The van der Waals surface area contributed by atoms with Crippen molar-refractivity contribution in [1.29, 1.82) is 0 Å². The lowest BCUT2D eigenvalue weighted by Crippen LogP contribution is -2.28. The molecule has 0 saturated heterocycles. The van der Waals surface area contributed by atoms with Crippen LogP contribution in [-0.2, 0) is 4.79 Å². The molecule has 4 heteroatoms. The van der Waals surface area contributed by atoms with E-state index in [2.05, 4.69) is 5.32 Å². The maximum Gasteiger partial charge on any atom is 0.220 e. The van der Waals surface area contributed by atoms with E-state index >= 15 is 0 Å². The Morgan fingerprint density at radius 1 is 0.957 bits per heavy atom. The van der Waals surface area contributed by atoms with Crippen LogP contribution in [0.5, 0.6) is 11.5 Å². The summed E-state index contributed by atoms with van der Waals surface area (Å²) in [6, 6.07) is 15.4. The fraction of sp³-hybridized carbons (Fsp3) is 0.316. The van der Waals surface area contributed by atoms with Crippen LogP contribution in [0, 0.1) is 0 Å². The summed E-state index contributed by atoms with van der Waals surface area (Å²) in [7, 11) is 1.64. The third kappa shape index (κ3) is 4.49. The summed E-state index contributed by atoms with van der Waals surface area (Å²) in [5, 5.41) is 3.07. The molecule has 1 amide bonds. The van der Waals surface area contributed by atoms with E-state index in [1.807, 2.05) is 62.4 Å². The van der Waals surface area contributed by atoms with E-state index in [-0.39, 0.29) is 11.9 Å². The molecule has 4 nitrogen and oxygen atoms in total. The zero-order valence-corrected chi connectivity index (χ0v) is 13.8. The van der Waals surface area contributed by atoms with Crippen molar-refractivity contribution in [2.75, 3.05) is 13.7 Å². The molecule has 0 unspecified atom stereocenters. The van der Waals surface area contributed by atoms with Crippen LogP contribution < -0.4 is 14.8 Å². The molecule has 0 heterocycles. The predicted molar refractivity (Wildman–Crippen MR) is 90.9 cm³/mol. The molecule has 0 radical (unpaired) electrons. The minimum Gasteiger partial charge on any atom is -0.497 e. The first-order chi connectivity index (χ1) is 11.2. The Hall–Kier alpha value is -2.49. The highest BCUT2D eigenvalue weighted by Crippen LogP contribution is 2.26. The number of carbonyl (C=O) groups is 1. The number of methoxy groups -OCH3 is 1. The standard InChI is InChI=1S/C19H23NO3/c1-4-18(21)20-19(14-6-10-16(22-3)11-7-14)15-8-12-17(13-9-15)23-5-2/h6-13,19H,4-5H2,1-3H3,(H,20,21)/t19-/m1/s1. The van der Waals surface area contributed by atoms with Crippen molar-refractivity contribution in [2.24, 2.45) is 0 Å². The Labute approximate surface area is 137 Å². The lowest BCUT2D eigenvalue weighted by Gasteiger charge is -2.20. The third-order valence-electron chi connectivity index (χ3n) is 3.60. The van der Waals surface area contributed by atoms with Gasteiger partial charge in [-0.1, -0.05) is 31.2 Å². The summed E-state index contributed by atoms with van der Waals surface area (Å²) < 4.78 is 10.7. The van der Waals surface area contributed by atoms with Gasteiger partial charge in [-0.25, -0.2) is 0 Å². The molecule has 0 fully saturated rings. The monoisotopic (exact) mass is 313 g/mol. The number of amides is 1. The Morgan fingerprint density at radius 3 is 1.91 bits per heavy atom. The summed E-state index contributed by atoms with van der Waals surface area (Å²) in [6.45, 7) is 4.43. The normalized spacial score (nSPS) is 11.6. The van der Waals surface area contributed by atoms with Gasteiger partial charge in [0.15, 0.2) is 0 Å². The third-order valence-corrected chi connectivity index (χ3v) is 3.60. The van der Waals surface area contributed by atoms with Gasteiger partial charge in [-0.2, -0.15) is 0 Å². The molecule has 2 aromatic rings. The number of carbonyl (C=O) groups excluding carboxylic acids is 1. The van der Waals surface area contributed by atoms with Gasteiger partial charge in [0.1, 0.15) is 11.5 Å². The topological polar surface area (TPSA) is 47.6 Å². The van der Waals surface area contributed by atoms with Gasteiger partial charge >= 0.3 is 0 Å². The van der Waals surface area contributed by atoms with Gasteiger partial charge in [0, 0.05) is 6.42 Å². The molecular formula is C19H23NO3. The second kappa shape index (κ2) is 8.22. The molecule has 0 spiro atoms. The molecular weight excluding hydrogens is 290 g/mol.